The van der Waals surface area contributed by atoms with Crippen LogP contribution in [-0.4, -0.2) is 21.7 Å². The zero-order chi connectivity index (χ0) is 10.9. The fraction of sp³-hybridized carbons (Fsp3) is 1.00. The fourth-order valence-electron chi connectivity index (χ4n) is 2.12. The van der Waals surface area contributed by atoms with Crippen molar-refractivity contribution in [3.63, 3.8) is 0 Å². The van der Waals surface area contributed by atoms with Gasteiger partial charge in [-0.3, -0.25) is 10.1 Å². The molecule has 0 aromatic rings. The van der Waals surface area contributed by atoms with Crippen molar-refractivity contribution in [2.24, 2.45) is 11.8 Å². The van der Waals surface area contributed by atoms with E-state index in [1.807, 2.05) is 0 Å². The van der Waals surface area contributed by atoms with Gasteiger partial charge in [0.25, 0.3) is 0 Å². The van der Waals surface area contributed by atoms with Crippen LogP contribution >= 0.6 is 0 Å². The van der Waals surface area contributed by atoms with Crippen LogP contribution in [0.3, 0.4) is 0 Å². The number of nitro groups is 1. The number of aliphatic hydroxyl groups excluding tert-OH is 1. The van der Waals surface area contributed by atoms with E-state index in [2.05, 4.69) is 13.8 Å². The highest BCUT2D eigenvalue weighted by Gasteiger charge is 2.49. The molecule has 1 aliphatic carbocycles. The lowest BCUT2D eigenvalue weighted by atomic mass is 9.72. The minimum Gasteiger partial charge on any atom is -0.386 e. The van der Waals surface area contributed by atoms with Crippen LogP contribution in [0, 0.1) is 22.0 Å². The molecule has 0 aromatic heterocycles. The Morgan fingerprint density at radius 1 is 1.57 bits per heavy atom. The lowest BCUT2D eigenvalue weighted by molar-refractivity contribution is -0.583. The lowest BCUT2D eigenvalue weighted by Gasteiger charge is -2.36. The Bertz CT molecular complexity index is 229. The Morgan fingerprint density at radius 3 is 2.50 bits per heavy atom. The van der Waals surface area contributed by atoms with Gasteiger partial charge >= 0.3 is 0 Å². The van der Waals surface area contributed by atoms with E-state index in [-0.39, 0.29) is 4.92 Å². The second-order valence-electron chi connectivity index (χ2n) is 4.91. The molecule has 82 valence electrons. The van der Waals surface area contributed by atoms with Gasteiger partial charge in [-0.15, -0.1) is 0 Å². The van der Waals surface area contributed by atoms with Crippen LogP contribution < -0.4 is 0 Å². The first-order valence-corrected chi connectivity index (χ1v) is 5.20. The Kier molecular flexibility index (Phi) is 3.14. The van der Waals surface area contributed by atoms with Gasteiger partial charge in [0.15, 0.2) is 0 Å². The van der Waals surface area contributed by atoms with Crippen molar-refractivity contribution in [1.82, 2.24) is 0 Å². The van der Waals surface area contributed by atoms with Gasteiger partial charge in [0.05, 0.1) is 0 Å². The van der Waals surface area contributed by atoms with Crippen LogP contribution in [0.5, 0.6) is 0 Å². The van der Waals surface area contributed by atoms with Gasteiger partial charge in [0.2, 0.25) is 5.54 Å². The van der Waals surface area contributed by atoms with Gasteiger partial charge in [-0.1, -0.05) is 13.8 Å². The van der Waals surface area contributed by atoms with Gasteiger partial charge in [0, 0.05) is 18.3 Å². The van der Waals surface area contributed by atoms with E-state index in [4.69, 9.17) is 0 Å². The van der Waals surface area contributed by atoms with E-state index in [1.165, 1.54) is 0 Å². The minimum atomic E-state index is -1.12. The molecule has 1 rings (SSSR count). The molecule has 0 spiro atoms. The standard InChI is InChI=1S/C10H19NO3/c1-7(2)8-4-5-10(3,11(13)14)9(12)6-8/h7-9,12H,4-6H2,1-3H3. The van der Waals surface area contributed by atoms with E-state index in [1.54, 1.807) is 6.92 Å². The zero-order valence-electron chi connectivity index (χ0n) is 9.06. The molecular weight excluding hydrogens is 182 g/mol. The second kappa shape index (κ2) is 3.85. The van der Waals surface area contributed by atoms with Crippen LogP contribution in [0.2, 0.25) is 0 Å². The maximum absolute atomic E-state index is 10.8. The van der Waals surface area contributed by atoms with E-state index in [0.29, 0.717) is 24.7 Å². The summed E-state index contributed by atoms with van der Waals surface area (Å²) in [5.74, 6) is 0.930. The van der Waals surface area contributed by atoms with E-state index in [9.17, 15) is 15.2 Å². The Hall–Kier alpha value is -0.640. The molecule has 4 heteroatoms. The van der Waals surface area contributed by atoms with Crippen LogP contribution in [-0.2, 0) is 0 Å². The van der Waals surface area contributed by atoms with Crippen molar-refractivity contribution in [2.75, 3.05) is 0 Å². The first kappa shape index (κ1) is 11.4. The third-order valence-corrected chi connectivity index (χ3v) is 3.63. The lowest BCUT2D eigenvalue weighted by Crippen LogP contribution is -2.51. The highest BCUT2D eigenvalue weighted by Crippen LogP contribution is 2.37. The van der Waals surface area contributed by atoms with Crippen molar-refractivity contribution in [3.05, 3.63) is 10.1 Å². The molecule has 0 bridgehead atoms. The summed E-state index contributed by atoms with van der Waals surface area (Å²) in [6, 6.07) is 0. The molecule has 14 heavy (non-hydrogen) atoms. The molecule has 0 aromatic carbocycles. The fourth-order valence-corrected chi connectivity index (χ4v) is 2.12. The van der Waals surface area contributed by atoms with E-state index < -0.39 is 11.6 Å². The number of hydrogen-bond donors (Lipinski definition) is 1. The van der Waals surface area contributed by atoms with Crippen molar-refractivity contribution >= 4 is 0 Å². The van der Waals surface area contributed by atoms with Gasteiger partial charge in [0.1, 0.15) is 6.10 Å². The average Bonchev–Trinajstić information content (AvgIpc) is 2.09. The Balaban J connectivity index is 2.69. The quantitative estimate of drug-likeness (QED) is 0.547. The SMILES string of the molecule is CC(C)C1CCC(C)([N+](=O)[O-])C(O)C1. The largest absolute Gasteiger partial charge is 0.386 e. The molecule has 3 unspecified atom stereocenters. The maximum Gasteiger partial charge on any atom is 0.244 e. The Morgan fingerprint density at radius 2 is 2.14 bits per heavy atom. The molecule has 1 aliphatic rings. The number of aliphatic hydroxyl groups is 1. The molecule has 3 atom stereocenters. The molecule has 1 N–H and O–H groups in total. The molecule has 1 fully saturated rings. The molecular formula is C10H19NO3. The third-order valence-electron chi connectivity index (χ3n) is 3.63. The van der Waals surface area contributed by atoms with Gasteiger partial charge in [-0.05, 0) is 24.7 Å². The summed E-state index contributed by atoms with van der Waals surface area (Å²) in [4.78, 5) is 10.5. The summed E-state index contributed by atoms with van der Waals surface area (Å²) in [6.45, 7) is 5.76. The van der Waals surface area contributed by atoms with Crippen molar-refractivity contribution in [1.29, 1.82) is 0 Å². The zero-order valence-corrected chi connectivity index (χ0v) is 9.06. The summed E-state index contributed by atoms with van der Waals surface area (Å²) in [6.07, 6.45) is 1.12. The van der Waals surface area contributed by atoms with Crippen molar-refractivity contribution < 1.29 is 10.0 Å². The van der Waals surface area contributed by atoms with E-state index in [0.717, 1.165) is 6.42 Å². The highest BCUT2D eigenvalue weighted by atomic mass is 16.6. The van der Waals surface area contributed by atoms with Crippen LogP contribution in [0.25, 0.3) is 0 Å². The maximum atomic E-state index is 10.8. The molecule has 4 nitrogen and oxygen atoms in total. The minimum absolute atomic E-state index is 0.325. The monoisotopic (exact) mass is 201 g/mol. The number of nitrogens with zero attached hydrogens (tertiary/aromatic N) is 1. The van der Waals surface area contributed by atoms with Crippen LogP contribution in [0.15, 0.2) is 0 Å². The topological polar surface area (TPSA) is 63.4 Å². The average molecular weight is 201 g/mol. The molecule has 0 amide bonds. The van der Waals surface area contributed by atoms with Crippen LogP contribution in [0.1, 0.15) is 40.0 Å². The van der Waals surface area contributed by atoms with Gasteiger partial charge < -0.3 is 5.11 Å². The van der Waals surface area contributed by atoms with Crippen LogP contribution in [0.4, 0.5) is 0 Å². The Labute approximate surface area is 84.5 Å². The molecule has 0 aliphatic heterocycles. The van der Waals surface area contributed by atoms with E-state index >= 15 is 0 Å². The van der Waals surface area contributed by atoms with Crippen molar-refractivity contribution in [2.45, 2.75) is 51.7 Å². The number of rotatable bonds is 2. The predicted molar refractivity (Wildman–Crippen MR) is 53.6 cm³/mol. The second-order valence-corrected chi connectivity index (χ2v) is 4.91. The van der Waals surface area contributed by atoms with Crippen molar-refractivity contribution in [3.8, 4) is 0 Å². The summed E-state index contributed by atoms with van der Waals surface area (Å²) < 4.78 is 0. The molecule has 0 saturated heterocycles. The summed E-state index contributed by atoms with van der Waals surface area (Å²) in [5, 5.41) is 20.6. The first-order chi connectivity index (χ1) is 6.38. The predicted octanol–water partition coefficient (Wildman–Crippen LogP) is 1.84. The normalized spacial score (nSPS) is 38.6. The summed E-state index contributed by atoms with van der Waals surface area (Å²) >= 11 is 0. The molecule has 0 heterocycles. The first-order valence-electron chi connectivity index (χ1n) is 5.20. The summed E-state index contributed by atoms with van der Waals surface area (Å²) in [7, 11) is 0. The van der Waals surface area contributed by atoms with Gasteiger partial charge in [-0.2, -0.15) is 0 Å². The highest BCUT2D eigenvalue weighted by molar-refractivity contribution is 4.90. The molecule has 1 saturated carbocycles. The third kappa shape index (κ3) is 1.90. The number of hydrogen-bond acceptors (Lipinski definition) is 3. The summed E-state index contributed by atoms with van der Waals surface area (Å²) in [5.41, 5.74) is -1.12. The van der Waals surface area contributed by atoms with Gasteiger partial charge in [-0.25, -0.2) is 0 Å². The smallest absolute Gasteiger partial charge is 0.244 e. The molecule has 0 radical (unpaired) electrons.